The van der Waals surface area contributed by atoms with E-state index in [1.807, 2.05) is 19.1 Å². The summed E-state index contributed by atoms with van der Waals surface area (Å²) < 4.78 is 10.8. The molecule has 2 rings (SSSR count). The molecule has 0 radical (unpaired) electrons. The van der Waals surface area contributed by atoms with E-state index < -0.39 is 0 Å². The van der Waals surface area contributed by atoms with Crippen LogP contribution in [-0.2, 0) is 6.42 Å². The number of benzene rings is 1. The summed E-state index contributed by atoms with van der Waals surface area (Å²) in [7, 11) is 0. The monoisotopic (exact) mass is 522 g/mol. The second-order valence-electron chi connectivity index (χ2n) is 9.89. The normalized spacial score (nSPS) is 11.9. The van der Waals surface area contributed by atoms with Gasteiger partial charge in [0.25, 0.3) is 0 Å². The molecule has 0 saturated carbocycles. The molecule has 1 N–H and O–H groups in total. The van der Waals surface area contributed by atoms with Crippen molar-refractivity contribution in [3.8, 4) is 11.5 Å². The van der Waals surface area contributed by atoms with Crippen LogP contribution in [0.3, 0.4) is 0 Å². The van der Waals surface area contributed by atoms with E-state index in [-0.39, 0.29) is 5.76 Å². The van der Waals surface area contributed by atoms with Crippen molar-refractivity contribution in [3.05, 3.63) is 109 Å². The van der Waals surface area contributed by atoms with Gasteiger partial charge in [0.1, 0.15) is 0 Å². The van der Waals surface area contributed by atoms with E-state index in [4.69, 9.17) is 14.6 Å². The van der Waals surface area contributed by atoms with Crippen LogP contribution in [0.2, 0.25) is 0 Å². The number of hydrogen-bond acceptors (Lipinski definition) is 3. The molecule has 0 bridgehead atoms. The first-order valence-electron chi connectivity index (χ1n) is 13.5. The third-order valence-corrected chi connectivity index (χ3v) is 5.57. The maximum atomic E-state index is 7.86. The second-order valence-corrected chi connectivity index (χ2v) is 9.89. The molecule has 3 nitrogen and oxygen atoms in total. The van der Waals surface area contributed by atoms with E-state index in [2.05, 4.69) is 92.1 Å². The zero-order valence-corrected chi connectivity index (χ0v) is 25.5. The largest absolute Gasteiger partial charge is 0.513 e. The van der Waals surface area contributed by atoms with Gasteiger partial charge in [-0.25, -0.2) is 0 Å². The van der Waals surface area contributed by atoms with E-state index >= 15 is 0 Å². The first-order valence-corrected chi connectivity index (χ1v) is 13.5. The molecule has 3 heteroatoms. The van der Waals surface area contributed by atoms with Gasteiger partial charge in [-0.05, 0) is 97.3 Å². The van der Waals surface area contributed by atoms with Gasteiger partial charge in [-0.3, -0.25) is 0 Å². The summed E-state index contributed by atoms with van der Waals surface area (Å²) in [5.74, 6) is 2.70. The van der Waals surface area contributed by atoms with E-state index in [0.29, 0.717) is 6.79 Å². The Kier molecular flexibility index (Phi) is 22.3. The highest BCUT2D eigenvalue weighted by Crippen LogP contribution is 2.33. The minimum Gasteiger partial charge on any atom is -0.513 e. The molecule has 1 aliphatic heterocycles. The van der Waals surface area contributed by atoms with Crippen molar-refractivity contribution in [2.75, 3.05) is 6.79 Å². The third-order valence-electron chi connectivity index (χ3n) is 5.57. The maximum Gasteiger partial charge on any atom is 0.231 e. The average molecular weight is 523 g/mol. The molecular formula is C35H54O3. The molecule has 0 fully saturated rings. The van der Waals surface area contributed by atoms with Crippen molar-refractivity contribution >= 4 is 0 Å². The fourth-order valence-corrected chi connectivity index (χ4v) is 2.91. The lowest BCUT2D eigenvalue weighted by Crippen LogP contribution is -1.98. The standard InChI is InChI=1S/C18H26O2.C9H14.C5H8.C3H6O/c1-13(2)15(4)7-5-14(3)6-8-16-9-10-17-18(11-16)20-12-19-17;1-4-6-8-9(3)7-5-2;1-4-5(2)3;1-3(2)4/h9-11,14H,5-8,12H2,1-4H3;5-8H,2,4H2,1,3H3;4H,1-2H2,3H3;4H,1H2,2H3/b;8-6-,9-7-;;. The predicted octanol–water partition coefficient (Wildman–Crippen LogP) is 11.0. The van der Waals surface area contributed by atoms with Crippen molar-refractivity contribution in [1.82, 2.24) is 0 Å². The highest BCUT2D eigenvalue weighted by atomic mass is 16.7. The van der Waals surface area contributed by atoms with Gasteiger partial charge in [0.05, 0.1) is 5.76 Å². The summed E-state index contributed by atoms with van der Waals surface area (Å²) in [6.45, 7) is 30.7. The third kappa shape index (κ3) is 22.0. The van der Waals surface area contributed by atoms with Gasteiger partial charge in [-0.1, -0.05) is 98.9 Å². The van der Waals surface area contributed by atoms with Crippen LogP contribution in [0.4, 0.5) is 0 Å². The van der Waals surface area contributed by atoms with Gasteiger partial charge in [0.2, 0.25) is 6.79 Å². The number of aryl methyl sites for hydroxylation is 1. The topological polar surface area (TPSA) is 38.7 Å². The Morgan fingerprint density at radius 3 is 2.08 bits per heavy atom. The fourth-order valence-electron chi connectivity index (χ4n) is 2.91. The predicted molar refractivity (Wildman–Crippen MR) is 169 cm³/mol. The molecule has 1 aromatic rings. The summed E-state index contributed by atoms with van der Waals surface area (Å²) in [5.41, 5.74) is 6.63. The highest BCUT2D eigenvalue weighted by Gasteiger charge is 2.13. The molecule has 38 heavy (non-hydrogen) atoms. The number of aliphatic hydroxyl groups is 1. The number of rotatable bonds is 10. The molecule has 1 heterocycles. The summed E-state index contributed by atoms with van der Waals surface area (Å²) in [6.07, 6.45) is 15.7. The summed E-state index contributed by atoms with van der Waals surface area (Å²) >= 11 is 0. The Morgan fingerprint density at radius 1 is 1.00 bits per heavy atom. The molecule has 0 amide bonds. The Bertz CT molecular complexity index is 936. The Morgan fingerprint density at radius 2 is 1.58 bits per heavy atom. The highest BCUT2D eigenvalue weighted by molar-refractivity contribution is 5.44. The quantitative estimate of drug-likeness (QED) is 0.189. The molecule has 0 aliphatic carbocycles. The Hall–Kier alpha value is -3.20. The van der Waals surface area contributed by atoms with Gasteiger partial charge in [-0.15, -0.1) is 0 Å². The average Bonchev–Trinajstić information content (AvgIpc) is 3.33. The van der Waals surface area contributed by atoms with Crippen LogP contribution in [0, 0.1) is 5.92 Å². The minimum absolute atomic E-state index is 0.167. The minimum atomic E-state index is 0.167. The number of allylic oxidation sites excluding steroid dienone is 10. The fraction of sp³-hybridized carbons (Fsp3) is 0.429. The Balaban J connectivity index is 0. The van der Waals surface area contributed by atoms with E-state index in [1.54, 1.807) is 17.7 Å². The number of aliphatic hydroxyl groups excluding tert-OH is 1. The number of hydrogen-bond donors (Lipinski definition) is 1. The summed E-state index contributed by atoms with van der Waals surface area (Å²) in [6, 6.07) is 6.30. The van der Waals surface area contributed by atoms with Crippen molar-refractivity contribution in [2.24, 2.45) is 5.92 Å². The van der Waals surface area contributed by atoms with Crippen LogP contribution < -0.4 is 9.47 Å². The van der Waals surface area contributed by atoms with Crippen LogP contribution in [0.1, 0.15) is 86.6 Å². The van der Waals surface area contributed by atoms with Crippen molar-refractivity contribution < 1.29 is 14.6 Å². The number of ether oxygens (including phenoxy) is 2. The molecule has 1 aliphatic rings. The maximum absolute atomic E-state index is 7.86. The Labute approximate surface area is 234 Å². The van der Waals surface area contributed by atoms with E-state index in [0.717, 1.165) is 35.8 Å². The van der Waals surface area contributed by atoms with Crippen LogP contribution in [0.15, 0.2) is 103 Å². The summed E-state index contributed by atoms with van der Waals surface area (Å²) in [5, 5.41) is 7.86. The number of fused-ring (bicyclic) bond motifs is 1. The van der Waals surface area contributed by atoms with E-state index in [9.17, 15) is 0 Å². The smallest absolute Gasteiger partial charge is 0.231 e. The van der Waals surface area contributed by atoms with Gasteiger partial charge >= 0.3 is 0 Å². The molecule has 1 aromatic carbocycles. The molecule has 0 spiro atoms. The molecule has 0 aromatic heterocycles. The molecule has 1 unspecified atom stereocenters. The molecule has 212 valence electrons. The van der Waals surface area contributed by atoms with Crippen LogP contribution >= 0.6 is 0 Å². The van der Waals surface area contributed by atoms with Crippen molar-refractivity contribution in [3.63, 3.8) is 0 Å². The second kappa shape index (κ2) is 23.0. The first kappa shape index (κ1) is 37.0. The first-order chi connectivity index (χ1) is 17.9. The summed E-state index contributed by atoms with van der Waals surface area (Å²) in [4.78, 5) is 0. The lowest BCUT2D eigenvalue weighted by Gasteiger charge is -2.12. The molecule has 0 saturated heterocycles. The van der Waals surface area contributed by atoms with Crippen molar-refractivity contribution in [1.29, 1.82) is 0 Å². The van der Waals surface area contributed by atoms with Gasteiger partial charge in [0.15, 0.2) is 11.5 Å². The zero-order chi connectivity index (χ0) is 29.5. The molecular weight excluding hydrogens is 468 g/mol. The van der Waals surface area contributed by atoms with Gasteiger partial charge in [0, 0.05) is 0 Å². The van der Waals surface area contributed by atoms with E-state index in [1.165, 1.54) is 42.9 Å². The molecule has 1 atom stereocenters. The van der Waals surface area contributed by atoms with Crippen molar-refractivity contribution in [2.45, 2.75) is 87.5 Å². The van der Waals surface area contributed by atoms with Crippen LogP contribution in [-0.4, -0.2) is 11.9 Å². The van der Waals surface area contributed by atoms with Crippen LogP contribution in [0.5, 0.6) is 11.5 Å². The van der Waals surface area contributed by atoms with Crippen LogP contribution in [0.25, 0.3) is 0 Å². The lowest BCUT2D eigenvalue weighted by atomic mass is 9.94. The van der Waals surface area contributed by atoms with Gasteiger partial charge in [-0.2, -0.15) is 0 Å². The van der Waals surface area contributed by atoms with Gasteiger partial charge < -0.3 is 14.6 Å². The SMILES string of the molecule is C=C(C)O.C=C/C=C(C)\C=C/CC.C=CC(=C)C.CC(C)=C(C)CCC(C)CCc1ccc2c(c1)OCO2. The lowest BCUT2D eigenvalue weighted by molar-refractivity contribution is 0.174. The zero-order valence-electron chi connectivity index (χ0n) is 25.5.